The number of nitrogens with zero attached hydrogens (tertiary/aromatic N) is 3. The summed E-state index contributed by atoms with van der Waals surface area (Å²) in [4.78, 5) is 9.36. The minimum Gasteiger partial charge on any atom is -0.506 e. The van der Waals surface area contributed by atoms with E-state index in [1.54, 1.807) is 24.3 Å². The second-order valence-corrected chi connectivity index (χ2v) is 6.78. The lowest BCUT2D eigenvalue weighted by molar-refractivity contribution is 0.301. The van der Waals surface area contributed by atoms with Crippen molar-refractivity contribution < 1.29 is 14.6 Å². The average Bonchev–Trinajstić information content (AvgIpc) is 2.73. The van der Waals surface area contributed by atoms with Gasteiger partial charge in [-0.3, -0.25) is 5.01 Å². The number of benzene rings is 2. The van der Waals surface area contributed by atoms with Crippen LogP contribution in [0.3, 0.4) is 0 Å². The summed E-state index contributed by atoms with van der Waals surface area (Å²) >= 11 is 6.10. The lowest BCUT2D eigenvalue weighted by atomic mass is 10.00. The van der Waals surface area contributed by atoms with Gasteiger partial charge in [0.25, 0.3) is 0 Å². The van der Waals surface area contributed by atoms with Crippen LogP contribution in [0.25, 0.3) is 16.8 Å². The van der Waals surface area contributed by atoms with Crippen LogP contribution in [0, 0.1) is 0 Å². The minimum absolute atomic E-state index is 0.0389. The van der Waals surface area contributed by atoms with Gasteiger partial charge in [-0.1, -0.05) is 23.7 Å². The number of hydrazine groups is 1. The third-order valence-electron chi connectivity index (χ3n) is 4.71. The first-order valence-electron chi connectivity index (χ1n) is 8.32. The first-order valence-corrected chi connectivity index (χ1v) is 8.70. The van der Waals surface area contributed by atoms with Crippen LogP contribution in [0.2, 0.25) is 5.02 Å². The number of hydrogen-bond acceptors (Lipinski definition) is 7. The summed E-state index contributed by atoms with van der Waals surface area (Å²) in [6, 6.07) is 10.3. The number of nitrogens with one attached hydrogen (secondary N) is 1. The lowest BCUT2D eigenvalue weighted by Crippen LogP contribution is -2.38. The zero-order valence-corrected chi connectivity index (χ0v) is 15.3. The predicted molar refractivity (Wildman–Crippen MR) is 102 cm³/mol. The topological polar surface area (TPSA) is 79.7 Å². The fourth-order valence-corrected chi connectivity index (χ4v) is 3.59. The van der Waals surface area contributed by atoms with Crippen molar-refractivity contribution in [1.82, 2.24) is 15.4 Å². The van der Waals surface area contributed by atoms with Gasteiger partial charge in [0.1, 0.15) is 6.04 Å². The van der Waals surface area contributed by atoms with Crippen LogP contribution >= 0.6 is 11.6 Å². The number of aromatic nitrogens is 2. The maximum atomic E-state index is 10.9. The fraction of sp³-hybridized carbons (Fsp3) is 0.158. The fourth-order valence-electron chi connectivity index (χ4n) is 3.42. The molecule has 7 nitrogen and oxygen atoms in total. The third-order valence-corrected chi connectivity index (χ3v) is 4.95. The summed E-state index contributed by atoms with van der Waals surface area (Å²) < 4.78 is 11.5. The molecule has 3 aromatic rings. The molecular weight excluding hydrogens is 368 g/mol. The minimum atomic E-state index is -0.508. The van der Waals surface area contributed by atoms with E-state index in [9.17, 15) is 5.11 Å². The molecule has 27 heavy (non-hydrogen) atoms. The van der Waals surface area contributed by atoms with E-state index in [1.165, 1.54) is 0 Å². The van der Waals surface area contributed by atoms with Crippen molar-refractivity contribution >= 4 is 34.2 Å². The normalized spacial score (nSPS) is 17.9. The molecule has 5 rings (SSSR count). The van der Waals surface area contributed by atoms with Crippen molar-refractivity contribution in [2.75, 3.05) is 19.2 Å². The molecule has 2 N–H and O–H groups in total. The number of ether oxygens (including phenoxy) is 2. The van der Waals surface area contributed by atoms with Crippen LogP contribution in [0.15, 0.2) is 42.2 Å². The smallest absolute Gasteiger partial charge is 0.196 e. The first kappa shape index (κ1) is 16.2. The van der Waals surface area contributed by atoms with E-state index < -0.39 is 6.04 Å². The maximum Gasteiger partial charge on any atom is 0.196 e. The number of aliphatic hydroxyl groups is 1. The Labute approximate surface area is 159 Å². The molecule has 0 radical (unpaired) electrons. The Balaban J connectivity index is 1.78. The summed E-state index contributed by atoms with van der Waals surface area (Å²) in [5, 5.41) is 13.2. The van der Waals surface area contributed by atoms with E-state index in [0.717, 1.165) is 5.56 Å². The maximum absolute atomic E-state index is 10.9. The van der Waals surface area contributed by atoms with Gasteiger partial charge in [-0.2, -0.15) is 0 Å². The highest BCUT2D eigenvalue weighted by Gasteiger charge is 2.38. The molecule has 1 unspecified atom stereocenters. The van der Waals surface area contributed by atoms with Crippen LogP contribution in [0.5, 0.6) is 11.5 Å². The molecule has 0 aliphatic carbocycles. The Bertz CT molecular complexity index is 1130. The van der Waals surface area contributed by atoms with Gasteiger partial charge in [0, 0.05) is 17.6 Å². The van der Waals surface area contributed by atoms with Gasteiger partial charge in [0.2, 0.25) is 0 Å². The quantitative estimate of drug-likeness (QED) is 0.665. The van der Waals surface area contributed by atoms with Crippen molar-refractivity contribution in [2.45, 2.75) is 6.04 Å². The van der Waals surface area contributed by atoms with Gasteiger partial charge in [0.15, 0.2) is 34.5 Å². The molecule has 0 saturated carbocycles. The number of anilines is 1. The van der Waals surface area contributed by atoms with Crippen molar-refractivity contribution in [1.29, 1.82) is 0 Å². The SMILES string of the molecule is COc1cccc2c1OC1=C(O)C2NN(C)c2nc3ccc(Cl)cc3nc21. The molecule has 0 spiro atoms. The molecule has 2 aromatic carbocycles. The molecule has 1 aromatic heterocycles. The Morgan fingerprint density at radius 3 is 2.89 bits per heavy atom. The Kier molecular flexibility index (Phi) is 3.43. The van der Waals surface area contributed by atoms with Gasteiger partial charge in [-0.25, -0.2) is 15.4 Å². The second-order valence-electron chi connectivity index (χ2n) is 6.35. The number of para-hydroxylation sites is 1. The standard InChI is InChI=1S/C19H15ClN4O3/c1-24-19-15(21-12-8-9(20)6-7-11(12)22-19)18-16(25)14(23-24)10-4-3-5-13(26-2)17(10)27-18/h3-8,14,23,25H,1-2H3. The zero-order chi connectivity index (χ0) is 18.7. The molecule has 2 aliphatic heterocycles. The Hall–Kier alpha value is -3.03. The molecule has 136 valence electrons. The summed E-state index contributed by atoms with van der Waals surface area (Å²) in [5.41, 5.74) is 5.76. The molecule has 2 aliphatic rings. The van der Waals surface area contributed by atoms with E-state index in [4.69, 9.17) is 21.1 Å². The van der Waals surface area contributed by atoms with Crippen LogP contribution in [0.4, 0.5) is 5.82 Å². The van der Waals surface area contributed by atoms with Gasteiger partial charge in [-0.15, -0.1) is 0 Å². The van der Waals surface area contributed by atoms with Crippen LogP contribution in [-0.4, -0.2) is 29.2 Å². The zero-order valence-electron chi connectivity index (χ0n) is 14.5. The Morgan fingerprint density at radius 1 is 1.22 bits per heavy atom. The molecule has 2 bridgehead atoms. The highest BCUT2D eigenvalue weighted by atomic mass is 35.5. The van der Waals surface area contributed by atoms with Gasteiger partial charge in [-0.05, 0) is 24.3 Å². The van der Waals surface area contributed by atoms with Crippen LogP contribution < -0.4 is 19.9 Å². The average molecular weight is 383 g/mol. The molecule has 1 atom stereocenters. The number of halogens is 1. The van der Waals surface area contributed by atoms with E-state index in [1.807, 2.05) is 31.3 Å². The van der Waals surface area contributed by atoms with Crippen molar-refractivity contribution in [3.05, 3.63) is 58.4 Å². The van der Waals surface area contributed by atoms with Crippen molar-refractivity contribution in [2.24, 2.45) is 0 Å². The summed E-state index contributed by atoms with van der Waals surface area (Å²) in [5.74, 6) is 1.95. The van der Waals surface area contributed by atoms with E-state index >= 15 is 0 Å². The number of rotatable bonds is 1. The third kappa shape index (κ3) is 2.32. The molecular formula is C19H15ClN4O3. The summed E-state index contributed by atoms with van der Waals surface area (Å²) in [6.07, 6.45) is 0. The number of hydrogen-bond donors (Lipinski definition) is 2. The predicted octanol–water partition coefficient (Wildman–Crippen LogP) is 3.61. The largest absolute Gasteiger partial charge is 0.506 e. The first-order chi connectivity index (χ1) is 13.1. The van der Waals surface area contributed by atoms with E-state index in [0.29, 0.717) is 39.1 Å². The molecule has 0 amide bonds. The number of methoxy groups -OCH3 is 1. The lowest BCUT2D eigenvalue weighted by Gasteiger charge is -2.28. The summed E-state index contributed by atoms with van der Waals surface area (Å²) in [6.45, 7) is 0. The van der Waals surface area contributed by atoms with Gasteiger partial charge >= 0.3 is 0 Å². The monoisotopic (exact) mass is 382 g/mol. The highest BCUT2D eigenvalue weighted by molar-refractivity contribution is 6.31. The molecule has 3 heterocycles. The Morgan fingerprint density at radius 2 is 2.07 bits per heavy atom. The van der Waals surface area contributed by atoms with E-state index in [-0.39, 0.29) is 11.5 Å². The van der Waals surface area contributed by atoms with Crippen LogP contribution in [0.1, 0.15) is 17.3 Å². The number of aliphatic hydroxyl groups excluding tert-OH is 1. The van der Waals surface area contributed by atoms with E-state index in [2.05, 4.69) is 15.4 Å². The number of fused-ring (bicyclic) bond motifs is 6. The second kappa shape index (κ2) is 5.73. The van der Waals surface area contributed by atoms with Gasteiger partial charge < -0.3 is 14.6 Å². The molecule has 8 heteroatoms. The summed E-state index contributed by atoms with van der Waals surface area (Å²) in [7, 11) is 3.40. The van der Waals surface area contributed by atoms with Crippen LogP contribution in [-0.2, 0) is 0 Å². The highest BCUT2D eigenvalue weighted by Crippen LogP contribution is 2.47. The van der Waals surface area contributed by atoms with Gasteiger partial charge in [0.05, 0.1) is 18.1 Å². The molecule has 0 saturated heterocycles. The molecule has 0 fully saturated rings. The van der Waals surface area contributed by atoms with Crippen molar-refractivity contribution in [3.63, 3.8) is 0 Å². The van der Waals surface area contributed by atoms with Crippen molar-refractivity contribution in [3.8, 4) is 11.5 Å².